The molecule has 26 heavy (non-hydrogen) atoms. The maximum absolute atomic E-state index is 14.1. The fraction of sp³-hybridized carbons (Fsp3) is 0.294. The van der Waals surface area contributed by atoms with Gasteiger partial charge in [-0.05, 0) is 36.6 Å². The predicted molar refractivity (Wildman–Crippen MR) is 94.7 cm³/mol. The Hall–Kier alpha value is -2.35. The summed E-state index contributed by atoms with van der Waals surface area (Å²) in [7, 11) is 1.45. The molecule has 0 fully saturated rings. The molecule has 0 unspecified atom stereocenters. The van der Waals surface area contributed by atoms with E-state index in [4.69, 9.17) is 17.3 Å². The Morgan fingerprint density at radius 2 is 2.00 bits per heavy atom. The molecule has 2 rings (SSSR count). The number of aliphatic imine (C=N–C) groups is 1. The van der Waals surface area contributed by atoms with Gasteiger partial charge in [0.15, 0.2) is 5.15 Å². The molecule has 0 saturated heterocycles. The van der Waals surface area contributed by atoms with Gasteiger partial charge in [-0.1, -0.05) is 17.7 Å². The van der Waals surface area contributed by atoms with Gasteiger partial charge in [0.25, 0.3) is 0 Å². The molecule has 0 radical (unpaired) electrons. The third-order valence-corrected chi connectivity index (χ3v) is 4.01. The van der Waals surface area contributed by atoms with Gasteiger partial charge in [-0.15, -0.1) is 0 Å². The van der Waals surface area contributed by atoms with Gasteiger partial charge < -0.3 is 11.1 Å². The Kier molecular flexibility index (Phi) is 6.07. The number of nitrogens with two attached hydrogens (primary N) is 1. The number of aryl methyl sites for hydroxylation is 2. The standard InChI is InChI=1S/C17H17ClF4N4/c1-9-6-8-25-15(18)13(9)26-16(23)12-10(5-7-17(20,21)22)3-4-11(19)14(12)24-2/h3-4,6,8,24H,5,7H2,1-2H3,(H2,23,26). The van der Waals surface area contributed by atoms with E-state index >= 15 is 0 Å². The number of hydrogen-bond donors (Lipinski definition) is 2. The molecule has 3 N–H and O–H groups in total. The largest absolute Gasteiger partial charge is 0.389 e. The van der Waals surface area contributed by atoms with Gasteiger partial charge in [0, 0.05) is 25.2 Å². The van der Waals surface area contributed by atoms with Crippen LogP contribution in [0.3, 0.4) is 0 Å². The molecule has 0 aliphatic carbocycles. The summed E-state index contributed by atoms with van der Waals surface area (Å²) in [5.74, 6) is -0.797. The van der Waals surface area contributed by atoms with Gasteiger partial charge in [0.05, 0.1) is 5.69 Å². The van der Waals surface area contributed by atoms with Crippen molar-refractivity contribution in [2.75, 3.05) is 12.4 Å². The highest BCUT2D eigenvalue weighted by atomic mass is 35.5. The number of pyridine rings is 1. The summed E-state index contributed by atoms with van der Waals surface area (Å²) in [4.78, 5) is 8.10. The van der Waals surface area contributed by atoms with Crippen molar-refractivity contribution < 1.29 is 17.6 Å². The molecule has 0 bridgehead atoms. The van der Waals surface area contributed by atoms with Crippen molar-refractivity contribution >= 4 is 28.8 Å². The highest BCUT2D eigenvalue weighted by Crippen LogP contribution is 2.31. The van der Waals surface area contributed by atoms with Gasteiger partial charge in [-0.3, -0.25) is 0 Å². The molecule has 1 heterocycles. The van der Waals surface area contributed by atoms with E-state index in [0.29, 0.717) is 5.56 Å². The number of nitrogens with one attached hydrogen (secondary N) is 1. The van der Waals surface area contributed by atoms with Gasteiger partial charge in [0.2, 0.25) is 0 Å². The predicted octanol–water partition coefficient (Wildman–Crippen LogP) is 4.76. The van der Waals surface area contributed by atoms with Crippen LogP contribution in [-0.4, -0.2) is 24.0 Å². The lowest BCUT2D eigenvalue weighted by Crippen LogP contribution is -2.20. The first-order valence-corrected chi connectivity index (χ1v) is 8.03. The quantitative estimate of drug-likeness (QED) is 0.336. The van der Waals surface area contributed by atoms with Crippen LogP contribution in [-0.2, 0) is 6.42 Å². The number of amidine groups is 1. The molecule has 4 nitrogen and oxygen atoms in total. The van der Waals surface area contributed by atoms with Crippen LogP contribution in [0.15, 0.2) is 29.4 Å². The van der Waals surface area contributed by atoms with Gasteiger partial charge in [-0.25, -0.2) is 14.4 Å². The summed E-state index contributed by atoms with van der Waals surface area (Å²) < 4.78 is 52.0. The van der Waals surface area contributed by atoms with E-state index in [-0.39, 0.29) is 39.9 Å². The fourth-order valence-corrected chi connectivity index (χ4v) is 2.72. The summed E-state index contributed by atoms with van der Waals surface area (Å²) in [6, 6.07) is 4.03. The summed E-state index contributed by atoms with van der Waals surface area (Å²) in [5.41, 5.74) is 7.26. The van der Waals surface area contributed by atoms with Crippen molar-refractivity contribution in [3.05, 3.63) is 52.1 Å². The number of hydrogen-bond acceptors (Lipinski definition) is 3. The summed E-state index contributed by atoms with van der Waals surface area (Å²) in [6.45, 7) is 1.73. The molecule has 1 aromatic heterocycles. The number of aromatic nitrogens is 1. The molecule has 2 aromatic rings. The second-order valence-corrected chi connectivity index (χ2v) is 5.94. The summed E-state index contributed by atoms with van der Waals surface area (Å²) in [5, 5.41) is 2.72. The Balaban J connectivity index is 2.58. The van der Waals surface area contributed by atoms with Gasteiger partial charge in [0.1, 0.15) is 17.3 Å². The lowest BCUT2D eigenvalue weighted by molar-refractivity contribution is -0.134. The molecule has 0 atom stereocenters. The molecule has 140 valence electrons. The van der Waals surface area contributed by atoms with Gasteiger partial charge >= 0.3 is 6.18 Å². The average Bonchev–Trinajstić information content (AvgIpc) is 2.55. The van der Waals surface area contributed by atoms with E-state index < -0.39 is 18.4 Å². The number of halogens is 5. The molecule has 0 amide bonds. The molecular formula is C17H17ClF4N4. The number of alkyl halides is 3. The Morgan fingerprint density at radius 3 is 2.58 bits per heavy atom. The Bertz CT molecular complexity index is 814. The van der Waals surface area contributed by atoms with Crippen LogP contribution in [0.2, 0.25) is 5.15 Å². The molecule has 0 saturated carbocycles. The zero-order valence-corrected chi connectivity index (χ0v) is 14.8. The minimum absolute atomic E-state index is 0.0245. The van der Waals surface area contributed by atoms with E-state index in [0.717, 1.165) is 6.07 Å². The lowest BCUT2D eigenvalue weighted by Gasteiger charge is -2.16. The fourth-order valence-electron chi connectivity index (χ4n) is 2.47. The maximum atomic E-state index is 14.1. The smallest absolute Gasteiger partial charge is 0.385 e. The second kappa shape index (κ2) is 7.90. The van der Waals surface area contributed by atoms with Crippen LogP contribution < -0.4 is 11.1 Å². The van der Waals surface area contributed by atoms with Crippen LogP contribution in [0.25, 0.3) is 0 Å². The first-order chi connectivity index (χ1) is 12.1. The third-order valence-electron chi connectivity index (χ3n) is 3.74. The third kappa shape index (κ3) is 4.63. The Labute approximate surface area is 153 Å². The van der Waals surface area contributed by atoms with Crippen LogP contribution in [0, 0.1) is 12.7 Å². The van der Waals surface area contributed by atoms with Crippen molar-refractivity contribution in [1.82, 2.24) is 4.98 Å². The van der Waals surface area contributed by atoms with Crippen molar-refractivity contribution in [1.29, 1.82) is 0 Å². The van der Waals surface area contributed by atoms with Crippen molar-refractivity contribution in [2.45, 2.75) is 25.9 Å². The first-order valence-electron chi connectivity index (χ1n) is 7.65. The monoisotopic (exact) mass is 388 g/mol. The normalized spacial score (nSPS) is 12.3. The molecule has 0 aliphatic heterocycles. The highest BCUT2D eigenvalue weighted by molar-refractivity contribution is 6.32. The zero-order chi connectivity index (χ0) is 19.5. The maximum Gasteiger partial charge on any atom is 0.389 e. The van der Waals surface area contributed by atoms with Crippen molar-refractivity contribution in [3.63, 3.8) is 0 Å². The van der Waals surface area contributed by atoms with E-state index in [2.05, 4.69) is 15.3 Å². The van der Waals surface area contributed by atoms with Crippen LogP contribution in [0.5, 0.6) is 0 Å². The summed E-state index contributed by atoms with van der Waals surface area (Å²) in [6.07, 6.45) is -4.28. The number of anilines is 1. The molecule has 1 aromatic carbocycles. The van der Waals surface area contributed by atoms with Gasteiger partial charge in [-0.2, -0.15) is 13.2 Å². The minimum atomic E-state index is -4.35. The molecule has 9 heteroatoms. The zero-order valence-electron chi connectivity index (χ0n) is 14.1. The van der Waals surface area contributed by atoms with Crippen LogP contribution >= 0.6 is 11.6 Å². The Morgan fingerprint density at radius 1 is 1.31 bits per heavy atom. The lowest BCUT2D eigenvalue weighted by atomic mass is 9.99. The van der Waals surface area contributed by atoms with E-state index in [1.165, 1.54) is 19.3 Å². The first kappa shape index (κ1) is 20.0. The van der Waals surface area contributed by atoms with E-state index in [1.54, 1.807) is 13.0 Å². The minimum Gasteiger partial charge on any atom is -0.385 e. The molecule has 0 spiro atoms. The topological polar surface area (TPSA) is 63.3 Å². The molecular weight excluding hydrogens is 372 g/mol. The molecule has 0 aliphatic rings. The number of nitrogens with zero attached hydrogens (tertiary/aromatic N) is 2. The van der Waals surface area contributed by atoms with Crippen molar-refractivity contribution in [2.24, 2.45) is 10.7 Å². The van der Waals surface area contributed by atoms with Crippen LogP contribution in [0.1, 0.15) is 23.1 Å². The van der Waals surface area contributed by atoms with Crippen molar-refractivity contribution in [3.8, 4) is 0 Å². The second-order valence-electron chi connectivity index (χ2n) is 5.59. The summed E-state index contributed by atoms with van der Waals surface area (Å²) >= 11 is 6.01. The average molecular weight is 389 g/mol. The highest BCUT2D eigenvalue weighted by Gasteiger charge is 2.28. The number of rotatable bonds is 5. The number of benzene rings is 1. The van der Waals surface area contributed by atoms with E-state index in [1.807, 2.05) is 0 Å². The SMILES string of the molecule is CNc1c(F)ccc(CCC(F)(F)F)c1C(N)=Nc1c(C)ccnc1Cl. The van der Waals surface area contributed by atoms with Crippen LogP contribution in [0.4, 0.5) is 28.9 Å². The van der Waals surface area contributed by atoms with E-state index in [9.17, 15) is 17.6 Å².